The summed E-state index contributed by atoms with van der Waals surface area (Å²) < 4.78 is 13.2. The molecule has 16 heavy (non-hydrogen) atoms. The molecule has 0 saturated heterocycles. The van der Waals surface area contributed by atoms with Gasteiger partial charge >= 0.3 is 5.69 Å². The van der Waals surface area contributed by atoms with E-state index in [1.165, 1.54) is 12.1 Å². The van der Waals surface area contributed by atoms with E-state index in [2.05, 4.69) is 9.97 Å². The predicted octanol–water partition coefficient (Wildman–Crippen LogP) is 2.36. The molecule has 0 atom stereocenters. The molecular formula is C12H13FN2O. The topological polar surface area (TPSA) is 45.8 Å². The zero-order valence-corrected chi connectivity index (χ0v) is 9.47. The third-order valence-electron chi connectivity index (χ3n) is 2.40. The Kier molecular flexibility index (Phi) is 2.30. The van der Waals surface area contributed by atoms with E-state index in [1.54, 1.807) is 6.07 Å². The van der Waals surface area contributed by atoms with Crippen molar-refractivity contribution in [2.24, 2.45) is 0 Å². The van der Waals surface area contributed by atoms with Crippen LogP contribution in [0.3, 0.4) is 0 Å². The third kappa shape index (κ3) is 1.83. The van der Waals surface area contributed by atoms with Crippen LogP contribution in [0.2, 0.25) is 0 Å². The van der Waals surface area contributed by atoms with Crippen molar-refractivity contribution in [2.45, 2.75) is 26.2 Å². The van der Waals surface area contributed by atoms with Gasteiger partial charge in [0.05, 0.1) is 11.2 Å². The van der Waals surface area contributed by atoms with Crippen LogP contribution in [0.25, 0.3) is 10.9 Å². The van der Waals surface area contributed by atoms with Crippen molar-refractivity contribution in [2.75, 3.05) is 0 Å². The van der Waals surface area contributed by atoms with E-state index in [9.17, 15) is 9.18 Å². The quantitative estimate of drug-likeness (QED) is 0.740. The van der Waals surface area contributed by atoms with Gasteiger partial charge in [0, 0.05) is 10.8 Å². The number of rotatable bonds is 0. The second-order valence-corrected chi connectivity index (χ2v) is 4.83. The maximum absolute atomic E-state index is 13.2. The highest BCUT2D eigenvalue weighted by Crippen LogP contribution is 2.26. The molecule has 1 aromatic heterocycles. The van der Waals surface area contributed by atoms with Crippen LogP contribution in [0, 0.1) is 5.82 Å². The molecule has 0 aliphatic carbocycles. The number of H-pyrrole nitrogens is 1. The van der Waals surface area contributed by atoms with Crippen molar-refractivity contribution in [1.82, 2.24) is 9.97 Å². The minimum Gasteiger partial charge on any atom is -0.305 e. The highest BCUT2D eigenvalue weighted by atomic mass is 19.1. The molecule has 0 bridgehead atoms. The fourth-order valence-corrected chi connectivity index (χ4v) is 1.70. The largest absolute Gasteiger partial charge is 0.345 e. The van der Waals surface area contributed by atoms with Crippen LogP contribution < -0.4 is 5.69 Å². The summed E-state index contributed by atoms with van der Waals surface area (Å²) in [4.78, 5) is 17.9. The van der Waals surface area contributed by atoms with Gasteiger partial charge in [-0.1, -0.05) is 20.8 Å². The molecule has 0 fully saturated rings. The van der Waals surface area contributed by atoms with E-state index in [0.717, 1.165) is 0 Å². The number of hydrogen-bond donors (Lipinski definition) is 1. The molecular weight excluding hydrogens is 207 g/mol. The van der Waals surface area contributed by atoms with Crippen LogP contribution in [0.4, 0.5) is 4.39 Å². The molecule has 84 valence electrons. The first kappa shape index (κ1) is 10.8. The van der Waals surface area contributed by atoms with Gasteiger partial charge in [0.2, 0.25) is 0 Å². The number of halogens is 1. The van der Waals surface area contributed by atoms with Gasteiger partial charge in [-0.05, 0) is 18.2 Å². The fraction of sp³-hybridized carbons (Fsp3) is 0.333. The minimum atomic E-state index is -0.399. The molecule has 3 nitrogen and oxygen atoms in total. The molecule has 0 amide bonds. The Hall–Kier alpha value is -1.71. The summed E-state index contributed by atoms with van der Waals surface area (Å²) in [5.74, 6) is -0.327. The normalized spacial score (nSPS) is 12.0. The minimum absolute atomic E-state index is 0.291. The Balaban J connectivity index is 2.91. The average Bonchev–Trinajstić information content (AvgIpc) is 2.16. The maximum Gasteiger partial charge on any atom is 0.345 e. The van der Waals surface area contributed by atoms with Crippen molar-refractivity contribution in [3.8, 4) is 0 Å². The maximum atomic E-state index is 13.2. The lowest BCUT2D eigenvalue weighted by Crippen LogP contribution is -2.22. The Labute approximate surface area is 92.3 Å². The van der Waals surface area contributed by atoms with Gasteiger partial charge in [0.15, 0.2) is 0 Å². The first-order valence-corrected chi connectivity index (χ1v) is 5.08. The number of nitrogens with zero attached hydrogens (tertiary/aromatic N) is 1. The standard InChI is InChI=1S/C12H13FN2O/c1-12(2,3)10-8-6-7(13)4-5-9(8)14-11(16)15-10/h4-6H,1-3H3,(H,14,15,16). The van der Waals surface area contributed by atoms with E-state index in [4.69, 9.17) is 0 Å². The molecule has 0 unspecified atom stereocenters. The summed E-state index contributed by atoms with van der Waals surface area (Å²) in [6, 6.07) is 4.28. The van der Waals surface area contributed by atoms with Crippen molar-refractivity contribution in [1.29, 1.82) is 0 Å². The number of aromatic amines is 1. The zero-order valence-electron chi connectivity index (χ0n) is 9.47. The summed E-state index contributed by atoms with van der Waals surface area (Å²) in [6.45, 7) is 5.83. The van der Waals surface area contributed by atoms with Crippen molar-refractivity contribution in [3.63, 3.8) is 0 Å². The van der Waals surface area contributed by atoms with Crippen LogP contribution in [0.15, 0.2) is 23.0 Å². The smallest absolute Gasteiger partial charge is 0.305 e. The lowest BCUT2D eigenvalue weighted by Gasteiger charge is -2.19. The van der Waals surface area contributed by atoms with Gasteiger partial charge in [0.1, 0.15) is 5.82 Å². The molecule has 1 aromatic carbocycles. The summed E-state index contributed by atoms with van der Waals surface area (Å²) in [5.41, 5.74) is 0.543. The lowest BCUT2D eigenvalue weighted by atomic mass is 9.89. The number of fused-ring (bicyclic) bond motifs is 1. The van der Waals surface area contributed by atoms with Gasteiger partial charge in [0.25, 0.3) is 0 Å². The summed E-state index contributed by atoms with van der Waals surface area (Å²) in [6.07, 6.45) is 0. The monoisotopic (exact) mass is 220 g/mol. The molecule has 1 N–H and O–H groups in total. The van der Waals surface area contributed by atoms with Gasteiger partial charge < -0.3 is 4.98 Å². The van der Waals surface area contributed by atoms with Crippen LogP contribution in [0.1, 0.15) is 26.5 Å². The van der Waals surface area contributed by atoms with Crippen molar-refractivity contribution >= 4 is 10.9 Å². The molecule has 0 aliphatic heterocycles. The second-order valence-electron chi connectivity index (χ2n) is 4.83. The van der Waals surface area contributed by atoms with Crippen molar-refractivity contribution < 1.29 is 4.39 Å². The summed E-state index contributed by atoms with van der Waals surface area (Å²) in [7, 11) is 0. The summed E-state index contributed by atoms with van der Waals surface area (Å²) >= 11 is 0. The van der Waals surface area contributed by atoms with Crippen LogP contribution in [-0.4, -0.2) is 9.97 Å². The Bertz CT molecular complexity index is 596. The molecule has 1 heterocycles. The Morgan fingerprint density at radius 3 is 2.62 bits per heavy atom. The van der Waals surface area contributed by atoms with E-state index >= 15 is 0 Å². The van der Waals surface area contributed by atoms with E-state index in [1.807, 2.05) is 20.8 Å². The van der Waals surface area contributed by atoms with Gasteiger partial charge in [-0.2, -0.15) is 4.98 Å². The zero-order chi connectivity index (χ0) is 11.9. The third-order valence-corrected chi connectivity index (χ3v) is 2.40. The lowest BCUT2D eigenvalue weighted by molar-refractivity contribution is 0.570. The summed E-state index contributed by atoms with van der Waals surface area (Å²) in [5, 5.41) is 0.659. The van der Waals surface area contributed by atoms with Crippen molar-refractivity contribution in [3.05, 3.63) is 40.2 Å². The average molecular weight is 220 g/mol. The fourth-order valence-electron chi connectivity index (χ4n) is 1.70. The highest BCUT2D eigenvalue weighted by Gasteiger charge is 2.19. The predicted molar refractivity (Wildman–Crippen MR) is 61.0 cm³/mol. The van der Waals surface area contributed by atoms with Gasteiger partial charge in [-0.15, -0.1) is 0 Å². The number of hydrogen-bond acceptors (Lipinski definition) is 2. The van der Waals surface area contributed by atoms with E-state index in [-0.39, 0.29) is 11.2 Å². The van der Waals surface area contributed by atoms with Crippen LogP contribution in [0.5, 0.6) is 0 Å². The van der Waals surface area contributed by atoms with Gasteiger partial charge in [-0.25, -0.2) is 9.18 Å². The highest BCUT2D eigenvalue weighted by molar-refractivity contribution is 5.81. The molecule has 0 saturated carbocycles. The first-order chi connectivity index (χ1) is 7.38. The van der Waals surface area contributed by atoms with Gasteiger partial charge in [-0.3, -0.25) is 0 Å². The first-order valence-electron chi connectivity index (χ1n) is 5.08. The molecule has 2 rings (SSSR count). The Morgan fingerprint density at radius 2 is 2.00 bits per heavy atom. The SMILES string of the molecule is CC(C)(C)c1nc(=O)[nH]c2ccc(F)cc12. The molecule has 0 aliphatic rings. The second kappa shape index (κ2) is 3.40. The molecule has 4 heteroatoms. The van der Waals surface area contributed by atoms with E-state index in [0.29, 0.717) is 16.6 Å². The van der Waals surface area contributed by atoms with E-state index < -0.39 is 5.69 Å². The molecule has 0 spiro atoms. The Morgan fingerprint density at radius 1 is 1.31 bits per heavy atom. The number of benzene rings is 1. The molecule has 0 radical (unpaired) electrons. The van der Waals surface area contributed by atoms with Crippen LogP contribution in [-0.2, 0) is 5.41 Å². The molecule has 2 aromatic rings. The number of aromatic nitrogens is 2. The number of nitrogens with one attached hydrogen (secondary N) is 1. The van der Waals surface area contributed by atoms with Crippen LogP contribution >= 0.6 is 0 Å².